The summed E-state index contributed by atoms with van der Waals surface area (Å²) in [5.41, 5.74) is 2.26. The van der Waals surface area contributed by atoms with Crippen molar-refractivity contribution in [3.05, 3.63) is 41.8 Å². The maximum Gasteiger partial charge on any atom is 0.319 e. The Bertz CT molecular complexity index is 1440. The molecule has 6 heterocycles. The third kappa shape index (κ3) is 4.07. The van der Waals surface area contributed by atoms with E-state index in [1.807, 2.05) is 18.2 Å². The van der Waals surface area contributed by atoms with E-state index in [9.17, 15) is 4.39 Å². The van der Waals surface area contributed by atoms with E-state index in [1.165, 1.54) is 6.42 Å². The number of aromatic nitrogens is 3. The molecule has 2 bridgehead atoms. The Balaban J connectivity index is 1.21. The zero-order chi connectivity index (χ0) is 26.8. The lowest BCUT2D eigenvalue weighted by atomic mass is 9.77. The molecule has 5 aliphatic rings. The highest BCUT2D eigenvalue weighted by atomic mass is 19.1. The van der Waals surface area contributed by atoms with Gasteiger partial charge in [0.2, 0.25) is 0 Å². The van der Waals surface area contributed by atoms with Crippen molar-refractivity contribution < 1.29 is 13.5 Å². The summed E-state index contributed by atoms with van der Waals surface area (Å²) >= 11 is 0. The van der Waals surface area contributed by atoms with Gasteiger partial charge in [-0.25, -0.2) is 8.78 Å². The molecule has 40 heavy (non-hydrogen) atoms. The Morgan fingerprint density at radius 3 is 2.65 bits per heavy atom. The van der Waals surface area contributed by atoms with Crippen LogP contribution >= 0.6 is 0 Å². The van der Waals surface area contributed by atoms with Crippen LogP contribution in [-0.2, 0) is 0 Å². The lowest BCUT2D eigenvalue weighted by Crippen LogP contribution is -2.51. The number of hydrogen-bond donors (Lipinski definition) is 1. The fraction of sp³-hybridized carbons (Fsp3) is 0.581. The number of alkyl halides is 1. The maximum absolute atomic E-state index is 16.5. The molecule has 2 unspecified atom stereocenters. The SMILES string of the molecule is Fc1c(-c2ccccc2C2CCC2)ncc2c(N3C[C@H]4CC[C@@H](C3)N4)nc(OCC34CCCN3CC(F)C4)nc12. The van der Waals surface area contributed by atoms with Crippen molar-refractivity contribution in [1.82, 2.24) is 25.2 Å². The molecule has 210 valence electrons. The van der Waals surface area contributed by atoms with Gasteiger partial charge in [-0.15, -0.1) is 0 Å². The van der Waals surface area contributed by atoms with Crippen molar-refractivity contribution in [1.29, 1.82) is 0 Å². The molecule has 8 rings (SSSR count). The monoisotopic (exact) mass is 546 g/mol. The maximum atomic E-state index is 16.5. The minimum Gasteiger partial charge on any atom is -0.461 e. The minimum atomic E-state index is -0.838. The number of benzene rings is 1. The van der Waals surface area contributed by atoms with Crippen molar-refractivity contribution in [2.45, 2.75) is 81.1 Å². The molecular formula is C31H36F2N6O. The number of pyridine rings is 1. The van der Waals surface area contributed by atoms with Gasteiger partial charge in [-0.05, 0) is 56.6 Å². The molecule has 2 aromatic heterocycles. The summed E-state index contributed by atoms with van der Waals surface area (Å²) in [5, 5.41) is 4.28. The van der Waals surface area contributed by atoms with Crippen LogP contribution in [0.4, 0.5) is 14.6 Å². The van der Waals surface area contributed by atoms with Crippen LogP contribution in [0.5, 0.6) is 6.01 Å². The minimum absolute atomic E-state index is 0.167. The molecule has 4 atom stereocenters. The van der Waals surface area contributed by atoms with Crippen LogP contribution in [-0.4, -0.2) is 76.4 Å². The predicted octanol–water partition coefficient (Wildman–Crippen LogP) is 4.99. The first kappa shape index (κ1) is 24.9. The van der Waals surface area contributed by atoms with Gasteiger partial charge in [0.25, 0.3) is 0 Å². The summed E-state index contributed by atoms with van der Waals surface area (Å²) in [6.45, 7) is 3.27. The lowest BCUT2D eigenvalue weighted by molar-refractivity contribution is 0.107. The van der Waals surface area contributed by atoms with Crippen LogP contribution in [0.3, 0.4) is 0 Å². The van der Waals surface area contributed by atoms with Crippen molar-refractivity contribution >= 4 is 16.7 Å². The standard InChI is InChI=1S/C31H36F2N6O/c32-20-13-31(11-4-12-39(31)15-20)18-40-30-36-28-25(29(37-30)38-16-21-9-10-22(17-38)35-21)14-34-27(26(28)33)24-8-2-1-7-23(24)19-5-3-6-19/h1-2,7-8,14,19-22,35H,3-6,9-13,15-18H2/t20?,21-,22+,31?. The second kappa shape index (κ2) is 9.58. The second-order valence-corrected chi connectivity index (χ2v) is 12.6. The molecule has 5 fully saturated rings. The molecule has 4 aliphatic heterocycles. The molecule has 7 nitrogen and oxygen atoms in total. The van der Waals surface area contributed by atoms with Gasteiger partial charge in [0.15, 0.2) is 5.82 Å². The Kier molecular flexibility index (Phi) is 5.95. The molecule has 1 N–H and O–H groups in total. The molecule has 4 saturated heterocycles. The van der Waals surface area contributed by atoms with Crippen molar-refractivity contribution in [2.24, 2.45) is 0 Å². The Labute approximate surface area is 233 Å². The number of hydrogen-bond acceptors (Lipinski definition) is 7. The fourth-order valence-electron chi connectivity index (χ4n) is 7.92. The molecule has 9 heteroatoms. The number of nitrogens with zero attached hydrogens (tertiary/aromatic N) is 5. The van der Waals surface area contributed by atoms with Gasteiger partial charge in [0.05, 0.1) is 10.9 Å². The normalized spacial score (nSPS) is 30.1. The van der Waals surface area contributed by atoms with Gasteiger partial charge < -0.3 is 15.0 Å². The summed E-state index contributed by atoms with van der Waals surface area (Å²) in [6.07, 6.45) is 9.03. The van der Waals surface area contributed by atoms with Crippen LogP contribution in [0.15, 0.2) is 30.5 Å². The summed E-state index contributed by atoms with van der Waals surface area (Å²) in [4.78, 5) is 18.7. The molecule has 0 spiro atoms. The zero-order valence-electron chi connectivity index (χ0n) is 22.8. The van der Waals surface area contributed by atoms with Gasteiger partial charge in [0, 0.05) is 49.9 Å². The van der Waals surface area contributed by atoms with E-state index in [4.69, 9.17) is 14.7 Å². The number of rotatable bonds is 6. The molecule has 0 amide bonds. The highest BCUT2D eigenvalue weighted by molar-refractivity contribution is 5.92. The van der Waals surface area contributed by atoms with Gasteiger partial charge >= 0.3 is 6.01 Å². The van der Waals surface area contributed by atoms with Crippen LogP contribution < -0.4 is 15.0 Å². The third-order valence-electron chi connectivity index (χ3n) is 10.2. The highest BCUT2D eigenvalue weighted by Gasteiger charge is 2.49. The van der Waals surface area contributed by atoms with E-state index in [0.717, 1.165) is 69.3 Å². The number of piperazine rings is 1. The van der Waals surface area contributed by atoms with E-state index in [1.54, 1.807) is 6.20 Å². The van der Waals surface area contributed by atoms with E-state index in [0.29, 0.717) is 54.5 Å². The molecule has 3 aromatic rings. The second-order valence-electron chi connectivity index (χ2n) is 12.6. The molecule has 1 aliphatic carbocycles. The Hall–Kier alpha value is -2.91. The first-order chi connectivity index (χ1) is 19.6. The molecular weight excluding hydrogens is 510 g/mol. The van der Waals surface area contributed by atoms with E-state index in [2.05, 4.69) is 26.2 Å². The van der Waals surface area contributed by atoms with Gasteiger partial charge in [0.1, 0.15) is 29.8 Å². The molecule has 1 aromatic carbocycles. The van der Waals surface area contributed by atoms with Crippen LogP contribution in [0.25, 0.3) is 22.2 Å². The molecule has 0 radical (unpaired) electrons. The topological polar surface area (TPSA) is 66.4 Å². The average molecular weight is 547 g/mol. The van der Waals surface area contributed by atoms with Crippen molar-refractivity contribution in [2.75, 3.05) is 37.7 Å². The summed E-state index contributed by atoms with van der Waals surface area (Å²) in [7, 11) is 0. The zero-order valence-corrected chi connectivity index (χ0v) is 22.8. The summed E-state index contributed by atoms with van der Waals surface area (Å²) in [6, 6.07) is 9.01. The largest absolute Gasteiger partial charge is 0.461 e. The van der Waals surface area contributed by atoms with Crippen molar-refractivity contribution in [3.8, 4) is 17.3 Å². The number of anilines is 1. The van der Waals surface area contributed by atoms with Crippen LogP contribution in [0.1, 0.15) is 62.8 Å². The smallest absolute Gasteiger partial charge is 0.319 e. The third-order valence-corrected chi connectivity index (χ3v) is 10.2. The Morgan fingerprint density at radius 2 is 1.85 bits per heavy atom. The number of halogens is 2. The van der Waals surface area contributed by atoms with E-state index in [-0.39, 0.29) is 17.1 Å². The lowest BCUT2D eigenvalue weighted by Gasteiger charge is -2.34. The highest BCUT2D eigenvalue weighted by Crippen LogP contribution is 2.43. The van der Waals surface area contributed by atoms with E-state index < -0.39 is 12.0 Å². The quantitative estimate of drug-likeness (QED) is 0.467. The summed E-state index contributed by atoms with van der Waals surface area (Å²) < 4.78 is 37.2. The first-order valence-corrected chi connectivity index (χ1v) is 15.0. The van der Waals surface area contributed by atoms with E-state index >= 15 is 4.39 Å². The first-order valence-electron chi connectivity index (χ1n) is 15.0. The number of nitrogens with one attached hydrogen (secondary N) is 1. The van der Waals surface area contributed by atoms with Gasteiger partial charge in [-0.2, -0.15) is 9.97 Å². The fourth-order valence-corrected chi connectivity index (χ4v) is 7.92. The number of fused-ring (bicyclic) bond motifs is 4. The summed E-state index contributed by atoms with van der Waals surface area (Å²) in [5.74, 6) is 0.698. The average Bonchev–Trinajstić information content (AvgIpc) is 3.57. The number of ether oxygens (including phenoxy) is 1. The van der Waals surface area contributed by atoms with Gasteiger partial charge in [-0.1, -0.05) is 30.7 Å². The van der Waals surface area contributed by atoms with Crippen LogP contribution in [0.2, 0.25) is 0 Å². The van der Waals surface area contributed by atoms with Crippen LogP contribution in [0, 0.1) is 5.82 Å². The molecule has 1 saturated carbocycles. The Morgan fingerprint density at radius 1 is 1.02 bits per heavy atom. The predicted molar refractivity (Wildman–Crippen MR) is 150 cm³/mol. The van der Waals surface area contributed by atoms with Gasteiger partial charge in [-0.3, -0.25) is 9.88 Å². The van der Waals surface area contributed by atoms with Crippen molar-refractivity contribution in [3.63, 3.8) is 0 Å².